The van der Waals surface area contributed by atoms with Crippen molar-refractivity contribution >= 4 is 31.9 Å². The molecule has 0 radical (unpaired) electrons. The Morgan fingerprint density at radius 2 is 2.11 bits per heavy atom. The Balaban J connectivity index is 2.33. The molecule has 1 aliphatic carbocycles. The number of halogens is 2. The zero-order chi connectivity index (χ0) is 7.07. The van der Waals surface area contributed by atoms with Gasteiger partial charge in [-0.1, -0.05) is 52.1 Å². The van der Waals surface area contributed by atoms with Crippen molar-refractivity contribution in [3.05, 3.63) is 0 Å². The highest BCUT2D eigenvalue weighted by Crippen LogP contribution is 2.60. The molecule has 0 N–H and O–H groups in total. The lowest BCUT2D eigenvalue weighted by molar-refractivity contribution is 0.493. The van der Waals surface area contributed by atoms with Crippen LogP contribution in [0.5, 0.6) is 0 Å². The van der Waals surface area contributed by atoms with Crippen molar-refractivity contribution < 1.29 is 0 Å². The third kappa shape index (κ3) is 1.70. The Kier molecular flexibility index (Phi) is 2.27. The quantitative estimate of drug-likeness (QED) is 0.663. The molecule has 2 atom stereocenters. The number of hydrogen-bond acceptors (Lipinski definition) is 0. The van der Waals surface area contributed by atoms with Gasteiger partial charge in [-0.25, -0.2) is 0 Å². The summed E-state index contributed by atoms with van der Waals surface area (Å²) in [5.41, 5.74) is 0. The van der Waals surface area contributed by atoms with Crippen LogP contribution in [-0.4, -0.2) is 3.23 Å². The van der Waals surface area contributed by atoms with E-state index >= 15 is 0 Å². The van der Waals surface area contributed by atoms with E-state index in [1.54, 1.807) is 0 Å². The molecule has 54 valence electrons. The van der Waals surface area contributed by atoms with Crippen LogP contribution in [0.2, 0.25) is 0 Å². The van der Waals surface area contributed by atoms with Crippen molar-refractivity contribution in [2.24, 2.45) is 11.8 Å². The van der Waals surface area contributed by atoms with E-state index in [-0.39, 0.29) is 0 Å². The van der Waals surface area contributed by atoms with Crippen LogP contribution in [0.15, 0.2) is 0 Å². The highest BCUT2D eigenvalue weighted by molar-refractivity contribution is 9.25. The maximum absolute atomic E-state index is 3.61. The van der Waals surface area contributed by atoms with Gasteiger partial charge in [0.05, 0.1) is 3.23 Å². The fourth-order valence-corrected chi connectivity index (χ4v) is 2.74. The summed E-state index contributed by atoms with van der Waals surface area (Å²) in [5, 5.41) is 0. The van der Waals surface area contributed by atoms with Crippen LogP contribution in [0.4, 0.5) is 0 Å². The fraction of sp³-hybridized carbons (Fsp3) is 1.00. The summed E-state index contributed by atoms with van der Waals surface area (Å²) < 4.78 is 0.315. The first-order valence-electron chi connectivity index (χ1n) is 3.45. The van der Waals surface area contributed by atoms with E-state index in [4.69, 9.17) is 0 Å². The third-order valence-electron chi connectivity index (χ3n) is 2.21. The summed E-state index contributed by atoms with van der Waals surface area (Å²) in [6.45, 7) is 4.56. The molecular weight excluding hydrogens is 244 g/mol. The molecular formula is C7H12Br2. The number of hydrogen-bond donors (Lipinski definition) is 0. The van der Waals surface area contributed by atoms with Gasteiger partial charge in [0.15, 0.2) is 0 Å². The summed E-state index contributed by atoms with van der Waals surface area (Å²) in [6.07, 6.45) is 2.59. The van der Waals surface area contributed by atoms with Gasteiger partial charge in [-0.2, -0.15) is 0 Å². The van der Waals surface area contributed by atoms with Crippen molar-refractivity contribution in [1.29, 1.82) is 0 Å². The topological polar surface area (TPSA) is 0 Å². The molecule has 1 aliphatic rings. The second-order valence-corrected chi connectivity index (χ2v) is 6.85. The molecule has 0 spiro atoms. The summed E-state index contributed by atoms with van der Waals surface area (Å²) in [6, 6.07) is 0. The van der Waals surface area contributed by atoms with Crippen LogP contribution in [-0.2, 0) is 0 Å². The van der Waals surface area contributed by atoms with E-state index in [9.17, 15) is 0 Å². The molecule has 9 heavy (non-hydrogen) atoms. The number of rotatable bonds is 2. The van der Waals surface area contributed by atoms with E-state index in [0.29, 0.717) is 3.23 Å². The lowest BCUT2D eigenvalue weighted by atomic mass is 10.0. The van der Waals surface area contributed by atoms with Crippen LogP contribution in [0.1, 0.15) is 26.7 Å². The van der Waals surface area contributed by atoms with Gasteiger partial charge >= 0.3 is 0 Å². The predicted molar refractivity (Wildman–Crippen MR) is 48.1 cm³/mol. The lowest BCUT2D eigenvalue weighted by Gasteiger charge is -2.06. The molecule has 0 aliphatic heterocycles. The van der Waals surface area contributed by atoms with E-state index < -0.39 is 0 Å². The summed E-state index contributed by atoms with van der Waals surface area (Å²) in [5.74, 6) is 1.73. The monoisotopic (exact) mass is 254 g/mol. The second-order valence-electron chi connectivity index (χ2n) is 2.96. The maximum Gasteiger partial charge on any atom is 0.0840 e. The van der Waals surface area contributed by atoms with Crippen molar-refractivity contribution in [2.45, 2.75) is 29.9 Å². The maximum atomic E-state index is 3.61. The first-order chi connectivity index (χ1) is 4.08. The second kappa shape index (κ2) is 2.54. The lowest BCUT2D eigenvalue weighted by Crippen LogP contribution is -2.00. The summed E-state index contributed by atoms with van der Waals surface area (Å²) >= 11 is 7.22. The standard InChI is InChI=1S/C7H12Br2/c1-3-5(2)6-4-7(6,8)9/h5-6H,3-4H2,1-2H3/t5-,6-/m0/s1. The van der Waals surface area contributed by atoms with Gasteiger partial charge in [-0.05, 0) is 18.3 Å². The van der Waals surface area contributed by atoms with Gasteiger partial charge in [0.25, 0.3) is 0 Å². The van der Waals surface area contributed by atoms with Crippen LogP contribution in [0.25, 0.3) is 0 Å². The van der Waals surface area contributed by atoms with Gasteiger partial charge in [-0.15, -0.1) is 0 Å². The Labute approximate surface area is 73.7 Å². The normalized spacial score (nSPS) is 34.0. The van der Waals surface area contributed by atoms with E-state index in [1.165, 1.54) is 12.8 Å². The minimum atomic E-state index is 0.315. The fourth-order valence-electron chi connectivity index (χ4n) is 1.14. The van der Waals surface area contributed by atoms with Crippen LogP contribution in [0, 0.1) is 11.8 Å². The Bertz CT molecular complexity index is 109. The van der Waals surface area contributed by atoms with E-state index in [2.05, 4.69) is 45.7 Å². The molecule has 1 fully saturated rings. The van der Waals surface area contributed by atoms with Gasteiger partial charge in [0.2, 0.25) is 0 Å². The number of alkyl halides is 2. The van der Waals surface area contributed by atoms with Crippen molar-refractivity contribution in [3.8, 4) is 0 Å². The first kappa shape index (κ1) is 8.06. The van der Waals surface area contributed by atoms with Crippen LogP contribution in [0.3, 0.4) is 0 Å². The Hall–Kier alpha value is 0.960. The van der Waals surface area contributed by atoms with Gasteiger partial charge in [0, 0.05) is 0 Å². The summed E-state index contributed by atoms with van der Waals surface area (Å²) in [7, 11) is 0. The zero-order valence-electron chi connectivity index (χ0n) is 5.82. The van der Waals surface area contributed by atoms with Crippen molar-refractivity contribution in [1.82, 2.24) is 0 Å². The van der Waals surface area contributed by atoms with Crippen LogP contribution >= 0.6 is 31.9 Å². The third-order valence-corrected chi connectivity index (χ3v) is 4.03. The van der Waals surface area contributed by atoms with Gasteiger partial charge in [0.1, 0.15) is 0 Å². The van der Waals surface area contributed by atoms with Gasteiger partial charge in [-0.3, -0.25) is 0 Å². The first-order valence-corrected chi connectivity index (χ1v) is 5.04. The molecule has 0 nitrogen and oxygen atoms in total. The molecule has 0 bridgehead atoms. The SMILES string of the molecule is CC[C@H](C)[C@@H]1CC1(Br)Br. The largest absolute Gasteiger partial charge is 0.0840 e. The molecule has 0 saturated heterocycles. The zero-order valence-corrected chi connectivity index (χ0v) is 9.00. The highest BCUT2D eigenvalue weighted by atomic mass is 79.9. The van der Waals surface area contributed by atoms with Crippen molar-refractivity contribution in [3.63, 3.8) is 0 Å². The molecule has 0 aromatic rings. The molecule has 1 saturated carbocycles. The molecule has 0 amide bonds. The minimum Gasteiger partial charge on any atom is -0.0724 e. The molecule has 0 aromatic carbocycles. The van der Waals surface area contributed by atoms with E-state index in [0.717, 1.165) is 11.8 Å². The molecule has 0 aromatic heterocycles. The average Bonchev–Trinajstić information content (AvgIpc) is 2.38. The molecule has 2 heteroatoms. The molecule has 0 unspecified atom stereocenters. The average molecular weight is 256 g/mol. The predicted octanol–water partition coefficient (Wildman–Crippen LogP) is 3.54. The van der Waals surface area contributed by atoms with E-state index in [1.807, 2.05) is 0 Å². The van der Waals surface area contributed by atoms with Crippen LogP contribution < -0.4 is 0 Å². The molecule has 1 rings (SSSR count). The summed E-state index contributed by atoms with van der Waals surface area (Å²) in [4.78, 5) is 0. The minimum absolute atomic E-state index is 0.315. The van der Waals surface area contributed by atoms with Crippen molar-refractivity contribution in [2.75, 3.05) is 0 Å². The van der Waals surface area contributed by atoms with Gasteiger partial charge < -0.3 is 0 Å². The Morgan fingerprint density at radius 3 is 2.22 bits per heavy atom. The molecule has 0 heterocycles. The highest BCUT2D eigenvalue weighted by Gasteiger charge is 2.52. The Morgan fingerprint density at radius 1 is 1.67 bits per heavy atom. The smallest absolute Gasteiger partial charge is 0.0724 e.